The van der Waals surface area contributed by atoms with Crippen LogP contribution in [0.1, 0.15) is 32.3 Å². The van der Waals surface area contributed by atoms with Crippen LogP contribution in [0.2, 0.25) is 0 Å². The molecule has 1 unspecified atom stereocenters. The lowest BCUT2D eigenvalue weighted by Crippen LogP contribution is -2.37. The Labute approximate surface area is 186 Å². The molecule has 1 saturated heterocycles. The molecule has 0 amide bonds. The SMILES string of the molecule is CN=C(NCCCOCC1CCOC1)NCc1cccc(OCC(C)C)c1.I. The van der Waals surface area contributed by atoms with E-state index in [0.717, 1.165) is 64.1 Å². The highest BCUT2D eigenvalue weighted by molar-refractivity contribution is 14.0. The van der Waals surface area contributed by atoms with Gasteiger partial charge in [0.2, 0.25) is 0 Å². The van der Waals surface area contributed by atoms with Gasteiger partial charge < -0.3 is 24.8 Å². The van der Waals surface area contributed by atoms with Gasteiger partial charge in [0.25, 0.3) is 0 Å². The molecule has 0 aliphatic carbocycles. The van der Waals surface area contributed by atoms with E-state index in [0.29, 0.717) is 18.4 Å². The minimum atomic E-state index is 0. The molecule has 0 aromatic heterocycles. The lowest BCUT2D eigenvalue weighted by molar-refractivity contribution is 0.0888. The number of nitrogens with zero attached hydrogens (tertiary/aromatic N) is 1. The summed E-state index contributed by atoms with van der Waals surface area (Å²) < 4.78 is 16.9. The van der Waals surface area contributed by atoms with Crippen molar-refractivity contribution in [2.75, 3.05) is 46.6 Å². The number of guanidine groups is 1. The molecule has 1 aromatic carbocycles. The Morgan fingerprint density at radius 3 is 2.89 bits per heavy atom. The molecule has 0 spiro atoms. The summed E-state index contributed by atoms with van der Waals surface area (Å²) in [7, 11) is 1.79. The first-order valence-corrected chi connectivity index (χ1v) is 9.99. The largest absolute Gasteiger partial charge is 0.493 e. The fraction of sp³-hybridized carbons (Fsp3) is 0.667. The van der Waals surface area contributed by atoms with Crippen LogP contribution in [0.3, 0.4) is 0 Å². The summed E-state index contributed by atoms with van der Waals surface area (Å²) in [5.74, 6) is 2.81. The molecular formula is C21H36IN3O3. The molecule has 1 aliphatic rings. The number of aliphatic imine (C=N–C) groups is 1. The number of hydrogen-bond acceptors (Lipinski definition) is 4. The molecule has 1 aliphatic heterocycles. The second-order valence-electron chi connectivity index (χ2n) is 7.36. The summed E-state index contributed by atoms with van der Waals surface area (Å²) >= 11 is 0. The molecule has 1 aromatic rings. The van der Waals surface area contributed by atoms with Crippen molar-refractivity contribution < 1.29 is 14.2 Å². The van der Waals surface area contributed by atoms with Crippen LogP contribution in [0.4, 0.5) is 0 Å². The third-order valence-electron chi connectivity index (χ3n) is 4.30. The maximum absolute atomic E-state index is 5.79. The van der Waals surface area contributed by atoms with E-state index in [4.69, 9.17) is 14.2 Å². The van der Waals surface area contributed by atoms with E-state index < -0.39 is 0 Å². The molecule has 0 bridgehead atoms. The zero-order chi connectivity index (χ0) is 19.3. The Balaban J connectivity index is 0.00000392. The second kappa shape index (κ2) is 14.9. The van der Waals surface area contributed by atoms with Crippen molar-refractivity contribution in [2.24, 2.45) is 16.8 Å². The molecule has 160 valence electrons. The van der Waals surface area contributed by atoms with Crippen molar-refractivity contribution in [2.45, 2.75) is 33.2 Å². The van der Waals surface area contributed by atoms with Gasteiger partial charge in [-0.25, -0.2) is 0 Å². The van der Waals surface area contributed by atoms with Crippen molar-refractivity contribution in [3.63, 3.8) is 0 Å². The van der Waals surface area contributed by atoms with E-state index in [-0.39, 0.29) is 24.0 Å². The second-order valence-corrected chi connectivity index (χ2v) is 7.36. The van der Waals surface area contributed by atoms with Crippen molar-refractivity contribution in [1.29, 1.82) is 0 Å². The van der Waals surface area contributed by atoms with Crippen LogP contribution < -0.4 is 15.4 Å². The van der Waals surface area contributed by atoms with Crippen LogP contribution in [-0.2, 0) is 16.0 Å². The minimum absolute atomic E-state index is 0. The van der Waals surface area contributed by atoms with Gasteiger partial charge in [-0.2, -0.15) is 0 Å². The van der Waals surface area contributed by atoms with Gasteiger partial charge in [0, 0.05) is 39.3 Å². The normalized spacial score (nSPS) is 16.7. The first-order valence-electron chi connectivity index (χ1n) is 9.99. The first kappa shape index (κ1) is 25.0. The number of benzene rings is 1. The number of halogens is 1. The molecule has 1 heterocycles. The van der Waals surface area contributed by atoms with E-state index >= 15 is 0 Å². The number of hydrogen-bond donors (Lipinski definition) is 2. The highest BCUT2D eigenvalue weighted by Gasteiger charge is 2.15. The highest BCUT2D eigenvalue weighted by atomic mass is 127. The summed E-state index contributed by atoms with van der Waals surface area (Å²) in [6.07, 6.45) is 2.07. The van der Waals surface area contributed by atoms with Crippen LogP contribution in [0.5, 0.6) is 5.75 Å². The van der Waals surface area contributed by atoms with Gasteiger partial charge in [0.1, 0.15) is 5.75 Å². The first-order chi connectivity index (χ1) is 13.2. The summed E-state index contributed by atoms with van der Waals surface area (Å²) in [5.41, 5.74) is 1.17. The highest BCUT2D eigenvalue weighted by Crippen LogP contribution is 2.14. The number of ether oxygens (including phenoxy) is 3. The van der Waals surface area contributed by atoms with E-state index in [9.17, 15) is 0 Å². The zero-order valence-electron chi connectivity index (χ0n) is 17.4. The van der Waals surface area contributed by atoms with Crippen molar-refractivity contribution >= 4 is 29.9 Å². The summed E-state index contributed by atoms with van der Waals surface area (Å²) in [6, 6.07) is 8.18. The molecule has 2 rings (SSSR count). The fourth-order valence-corrected chi connectivity index (χ4v) is 2.76. The van der Waals surface area contributed by atoms with Crippen molar-refractivity contribution in [3.05, 3.63) is 29.8 Å². The summed E-state index contributed by atoms with van der Waals surface area (Å²) in [5, 5.41) is 6.67. The van der Waals surface area contributed by atoms with Gasteiger partial charge in [-0.3, -0.25) is 4.99 Å². The average Bonchev–Trinajstić information content (AvgIpc) is 3.19. The Hall–Kier alpha value is -1.06. The monoisotopic (exact) mass is 505 g/mol. The van der Waals surface area contributed by atoms with Crippen molar-refractivity contribution in [3.8, 4) is 5.75 Å². The Bertz CT molecular complexity index is 564. The standard InChI is InChI=1S/C21H35N3O3.HI/c1-17(2)14-27-20-7-4-6-18(12-20)13-24-21(22-3)23-9-5-10-25-15-19-8-11-26-16-19;/h4,6-7,12,17,19H,5,8-11,13-16H2,1-3H3,(H2,22,23,24);1H. The van der Waals surface area contributed by atoms with Gasteiger partial charge in [-0.15, -0.1) is 24.0 Å². The maximum atomic E-state index is 5.79. The van der Waals surface area contributed by atoms with Gasteiger partial charge >= 0.3 is 0 Å². The predicted octanol–water partition coefficient (Wildman–Crippen LogP) is 3.45. The van der Waals surface area contributed by atoms with Crippen LogP contribution in [0, 0.1) is 11.8 Å². The van der Waals surface area contributed by atoms with Gasteiger partial charge in [-0.1, -0.05) is 26.0 Å². The molecule has 28 heavy (non-hydrogen) atoms. The Morgan fingerprint density at radius 1 is 1.32 bits per heavy atom. The molecule has 1 atom stereocenters. The number of rotatable bonds is 11. The quantitative estimate of drug-likeness (QED) is 0.209. The molecule has 7 heteroatoms. The van der Waals surface area contributed by atoms with E-state index in [1.165, 1.54) is 5.56 Å². The lowest BCUT2D eigenvalue weighted by Gasteiger charge is -2.14. The predicted molar refractivity (Wildman–Crippen MR) is 125 cm³/mol. The Morgan fingerprint density at radius 2 is 2.18 bits per heavy atom. The van der Waals surface area contributed by atoms with Crippen molar-refractivity contribution in [1.82, 2.24) is 10.6 Å². The smallest absolute Gasteiger partial charge is 0.191 e. The molecule has 2 N–H and O–H groups in total. The van der Waals surface area contributed by atoms with E-state index in [1.54, 1.807) is 7.05 Å². The molecule has 0 saturated carbocycles. The lowest BCUT2D eigenvalue weighted by atomic mass is 10.1. The molecule has 6 nitrogen and oxygen atoms in total. The maximum Gasteiger partial charge on any atom is 0.191 e. The summed E-state index contributed by atoms with van der Waals surface area (Å²) in [4.78, 5) is 4.27. The van der Waals surface area contributed by atoms with Crippen LogP contribution in [0.25, 0.3) is 0 Å². The van der Waals surface area contributed by atoms with Crippen LogP contribution >= 0.6 is 24.0 Å². The van der Waals surface area contributed by atoms with Gasteiger partial charge in [0.05, 0.1) is 19.8 Å². The van der Waals surface area contributed by atoms with Gasteiger partial charge in [0.15, 0.2) is 5.96 Å². The molecular weight excluding hydrogens is 469 g/mol. The Kier molecular flexibility index (Phi) is 13.3. The molecule has 1 fully saturated rings. The minimum Gasteiger partial charge on any atom is -0.493 e. The number of nitrogens with one attached hydrogen (secondary N) is 2. The fourth-order valence-electron chi connectivity index (χ4n) is 2.76. The van der Waals surface area contributed by atoms with E-state index in [1.807, 2.05) is 12.1 Å². The molecule has 0 radical (unpaired) electrons. The third-order valence-corrected chi connectivity index (χ3v) is 4.30. The average molecular weight is 505 g/mol. The van der Waals surface area contributed by atoms with Crippen LogP contribution in [0.15, 0.2) is 29.3 Å². The third kappa shape index (κ3) is 10.5. The van der Waals surface area contributed by atoms with Gasteiger partial charge in [-0.05, 0) is 36.5 Å². The van der Waals surface area contributed by atoms with Crippen LogP contribution in [-0.4, -0.2) is 52.6 Å². The zero-order valence-corrected chi connectivity index (χ0v) is 19.7. The van der Waals surface area contributed by atoms with E-state index in [2.05, 4.69) is 41.6 Å². The summed E-state index contributed by atoms with van der Waals surface area (Å²) in [6.45, 7) is 9.86. The topological polar surface area (TPSA) is 64.1 Å².